The summed E-state index contributed by atoms with van der Waals surface area (Å²) in [6.45, 7) is 0. The van der Waals surface area contributed by atoms with Gasteiger partial charge in [0.15, 0.2) is 5.11 Å². The van der Waals surface area contributed by atoms with E-state index in [0.717, 1.165) is 0 Å². The van der Waals surface area contributed by atoms with Crippen LogP contribution in [0.2, 0.25) is 0 Å². The Morgan fingerprint density at radius 2 is 1.44 bits per heavy atom. The van der Waals surface area contributed by atoms with E-state index in [1.165, 1.54) is 32.4 Å². The van der Waals surface area contributed by atoms with Gasteiger partial charge in [-0.25, -0.2) is 0 Å². The van der Waals surface area contributed by atoms with Gasteiger partial charge in [-0.3, -0.25) is 0 Å². The first-order valence-electron chi connectivity index (χ1n) is 6.96. The Morgan fingerprint density at radius 3 is 2.00 bits per heavy atom. The van der Waals surface area contributed by atoms with Crippen LogP contribution >= 0.6 is 12.2 Å². The molecule has 25 heavy (non-hydrogen) atoms. The molecule has 2 N–H and O–H groups in total. The summed E-state index contributed by atoms with van der Waals surface area (Å²) in [5, 5.41) is 5.87. The first kappa shape index (κ1) is 18.7. The van der Waals surface area contributed by atoms with Crippen LogP contribution in [-0.4, -0.2) is 25.7 Å². The molecule has 0 amide bonds. The number of rotatable bonds is 5. The molecule has 0 aromatic heterocycles. The standard InChI is InChI=1S/C16H15F3N2O3S/c1-22-13-7-11(8-14(9-13)23-2)21-15(25)20-10-4-3-5-12(6-10)24-16(17,18)19/h3-9H,1-2H3,(H2,20,21,25). The minimum atomic E-state index is -4.76. The molecule has 5 nitrogen and oxygen atoms in total. The van der Waals surface area contributed by atoms with Crippen LogP contribution in [0, 0.1) is 0 Å². The van der Waals surface area contributed by atoms with Gasteiger partial charge >= 0.3 is 6.36 Å². The molecular formula is C16H15F3N2O3S. The molecule has 0 atom stereocenters. The van der Waals surface area contributed by atoms with E-state index in [2.05, 4.69) is 15.4 Å². The highest BCUT2D eigenvalue weighted by Gasteiger charge is 2.31. The molecule has 0 saturated heterocycles. The fourth-order valence-corrected chi connectivity index (χ4v) is 2.18. The molecule has 2 rings (SSSR count). The van der Waals surface area contributed by atoms with Crippen molar-refractivity contribution in [3.63, 3.8) is 0 Å². The van der Waals surface area contributed by atoms with Crippen LogP contribution in [0.4, 0.5) is 24.5 Å². The maximum absolute atomic E-state index is 12.3. The van der Waals surface area contributed by atoms with Gasteiger partial charge in [0.2, 0.25) is 0 Å². The normalized spacial score (nSPS) is 10.8. The molecule has 0 radical (unpaired) electrons. The molecule has 9 heteroatoms. The number of benzene rings is 2. The molecule has 0 unspecified atom stereocenters. The maximum Gasteiger partial charge on any atom is 0.573 e. The molecule has 0 spiro atoms. The number of nitrogens with one attached hydrogen (secondary N) is 2. The van der Waals surface area contributed by atoms with E-state index in [1.807, 2.05) is 0 Å². The minimum absolute atomic E-state index is 0.180. The van der Waals surface area contributed by atoms with Gasteiger partial charge in [0.1, 0.15) is 17.2 Å². The lowest BCUT2D eigenvalue weighted by molar-refractivity contribution is -0.274. The van der Waals surface area contributed by atoms with Crippen LogP contribution in [0.15, 0.2) is 42.5 Å². The summed E-state index contributed by atoms with van der Waals surface area (Å²) in [5.41, 5.74) is 0.936. The van der Waals surface area contributed by atoms with E-state index in [4.69, 9.17) is 21.7 Å². The molecule has 134 valence electrons. The van der Waals surface area contributed by atoms with Crippen LogP contribution in [0.5, 0.6) is 17.2 Å². The summed E-state index contributed by atoms with van der Waals surface area (Å²) in [5.74, 6) is 0.777. The smallest absolute Gasteiger partial charge is 0.497 e. The van der Waals surface area contributed by atoms with Crippen molar-refractivity contribution in [1.29, 1.82) is 0 Å². The predicted octanol–water partition coefficient (Wildman–Crippen LogP) is 4.41. The molecule has 2 aromatic rings. The number of hydrogen-bond donors (Lipinski definition) is 2. The molecule has 0 aliphatic rings. The topological polar surface area (TPSA) is 51.8 Å². The average molecular weight is 372 g/mol. The predicted molar refractivity (Wildman–Crippen MR) is 92.5 cm³/mol. The van der Waals surface area contributed by atoms with Crippen molar-refractivity contribution >= 4 is 28.7 Å². The molecule has 0 saturated carbocycles. The summed E-state index contributed by atoms with van der Waals surface area (Å²) in [6, 6.07) is 10.4. The Labute approximate surface area is 147 Å². The van der Waals surface area contributed by atoms with E-state index in [0.29, 0.717) is 22.9 Å². The fraction of sp³-hybridized carbons (Fsp3) is 0.188. The van der Waals surface area contributed by atoms with Crippen LogP contribution in [0.3, 0.4) is 0 Å². The number of hydrogen-bond acceptors (Lipinski definition) is 4. The number of anilines is 2. The lowest BCUT2D eigenvalue weighted by Gasteiger charge is -2.14. The quantitative estimate of drug-likeness (QED) is 0.759. The number of alkyl halides is 3. The lowest BCUT2D eigenvalue weighted by Crippen LogP contribution is -2.20. The molecule has 0 heterocycles. The van der Waals surface area contributed by atoms with Crippen molar-refractivity contribution < 1.29 is 27.4 Å². The second-order valence-electron chi connectivity index (χ2n) is 4.76. The zero-order chi connectivity index (χ0) is 18.4. The highest BCUT2D eigenvalue weighted by Crippen LogP contribution is 2.27. The summed E-state index contributed by atoms with van der Waals surface area (Å²) in [4.78, 5) is 0. The van der Waals surface area contributed by atoms with Gasteiger partial charge < -0.3 is 24.8 Å². The molecular weight excluding hydrogens is 357 g/mol. The monoisotopic (exact) mass is 372 g/mol. The van der Waals surface area contributed by atoms with Crippen molar-refractivity contribution in [3.8, 4) is 17.2 Å². The molecule has 0 bridgehead atoms. The minimum Gasteiger partial charge on any atom is -0.497 e. The maximum atomic E-state index is 12.3. The molecule has 0 aliphatic heterocycles. The van der Waals surface area contributed by atoms with E-state index in [9.17, 15) is 13.2 Å². The zero-order valence-electron chi connectivity index (χ0n) is 13.3. The van der Waals surface area contributed by atoms with Crippen LogP contribution in [0.1, 0.15) is 0 Å². The van der Waals surface area contributed by atoms with Gasteiger partial charge in [0, 0.05) is 35.6 Å². The average Bonchev–Trinajstić information content (AvgIpc) is 2.52. The second kappa shape index (κ2) is 7.93. The Hall–Kier alpha value is -2.68. The van der Waals surface area contributed by atoms with E-state index >= 15 is 0 Å². The lowest BCUT2D eigenvalue weighted by atomic mass is 10.2. The van der Waals surface area contributed by atoms with Crippen molar-refractivity contribution in [2.24, 2.45) is 0 Å². The van der Waals surface area contributed by atoms with Crippen LogP contribution in [-0.2, 0) is 0 Å². The third-order valence-corrected chi connectivity index (χ3v) is 3.14. The third-order valence-electron chi connectivity index (χ3n) is 2.93. The van der Waals surface area contributed by atoms with Crippen molar-refractivity contribution in [2.75, 3.05) is 24.9 Å². The number of halogens is 3. The number of ether oxygens (including phenoxy) is 3. The molecule has 2 aromatic carbocycles. The van der Waals surface area contributed by atoms with E-state index in [-0.39, 0.29) is 10.9 Å². The Balaban J connectivity index is 2.06. The van der Waals surface area contributed by atoms with E-state index < -0.39 is 6.36 Å². The van der Waals surface area contributed by atoms with E-state index in [1.54, 1.807) is 24.3 Å². The van der Waals surface area contributed by atoms with Crippen LogP contribution < -0.4 is 24.8 Å². The first-order valence-corrected chi connectivity index (χ1v) is 7.37. The second-order valence-corrected chi connectivity index (χ2v) is 5.16. The Kier molecular flexibility index (Phi) is 5.92. The number of methoxy groups -OCH3 is 2. The SMILES string of the molecule is COc1cc(NC(=S)Nc2cccc(OC(F)(F)F)c2)cc(OC)c1. The molecule has 0 aliphatic carbocycles. The van der Waals surface area contributed by atoms with Gasteiger partial charge in [0.25, 0.3) is 0 Å². The summed E-state index contributed by atoms with van der Waals surface area (Å²) in [7, 11) is 3.03. The fourth-order valence-electron chi connectivity index (χ4n) is 1.94. The van der Waals surface area contributed by atoms with Crippen molar-refractivity contribution in [1.82, 2.24) is 0 Å². The first-order chi connectivity index (χ1) is 11.8. The summed E-state index contributed by atoms with van der Waals surface area (Å²) < 4.78 is 51.0. The van der Waals surface area contributed by atoms with Crippen molar-refractivity contribution in [3.05, 3.63) is 42.5 Å². The zero-order valence-corrected chi connectivity index (χ0v) is 14.1. The van der Waals surface area contributed by atoms with Gasteiger partial charge in [-0.1, -0.05) is 6.07 Å². The summed E-state index contributed by atoms with van der Waals surface area (Å²) in [6.07, 6.45) is -4.76. The van der Waals surface area contributed by atoms with Crippen molar-refractivity contribution in [2.45, 2.75) is 6.36 Å². The Bertz CT molecular complexity index is 731. The Morgan fingerprint density at radius 1 is 0.880 bits per heavy atom. The number of thiocarbonyl (C=S) groups is 1. The van der Waals surface area contributed by atoms with Gasteiger partial charge in [-0.15, -0.1) is 13.2 Å². The van der Waals surface area contributed by atoms with Gasteiger partial charge in [0.05, 0.1) is 14.2 Å². The van der Waals surface area contributed by atoms with Crippen LogP contribution in [0.25, 0.3) is 0 Å². The third kappa shape index (κ3) is 6.03. The van der Waals surface area contributed by atoms with Gasteiger partial charge in [-0.2, -0.15) is 0 Å². The summed E-state index contributed by atoms with van der Waals surface area (Å²) >= 11 is 5.16. The highest BCUT2D eigenvalue weighted by molar-refractivity contribution is 7.80. The largest absolute Gasteiger partial charge is 0.573 e. The van der Waals surface area contributed by atoms with Gasteiger partial charge in [-0.05, 0) is 24.4 Å². The highest BCUT2D eigenvalue weighted by atomic mass is 32.1. The molecule has 0 fully saturated rings.